The Balaban J connectivity index is 1.21. The SMILES string of the molecule is [C-]#[N+]c1c(-c2ccccc2)c(C#N)c(-n2c3ccc(-c4ccccc4)cc3c3cc(-c4ccccc4)ccc32)c(-c2ccccc2)c1-n1c2c(ccc3c4ccccc4sc32)c2ccc3c4ccccc4sc3c21. The number of nitriles is 1. The van der Waals surface area contributed by atoms with Crippen LogP contribution in [0.1, 0.15) is 5.56 Å². The summed E-state index contributed by atoms with van der Waals surface area (Å²) in [6.07, 6.45) is 0. The summed E-state index contributed by atoms with van der Waals surface area (Å²) in [4.78, 5) is 4.67. The number of thiophene rings is 2. The molecule has 0 fully saturated rings. The van der Waals surface area contributed by atoms with Crippen LogP contribution in [-0.4, -0.2) is 9.13 Å². The van der Waals surface area contributed by atoms with Crippen molar-refractivity contribution in [2.75, 3.05) is 0 Å². The summed E-state index contributed by atoms with van der Waals surface area (Å²) in [7, 11) is 0. The number of aromatic nitrogens is 2. The van der Waals surface area contributed by atoms with Gasteiger partial charge in [-0.1, -0.05) is 194 Å². The lowest BCUT2D eigenvalue weighted by Gasteiger charge is -2.26. The van der Waals surface area contributed by atoms with Gasteiger partial charge < -0.3 is 9.13 Å². The van der Waals surface area contributed by atoms with E-state index in [1.165, 1.54) is 30.9 Å². The Morgan fingerprint density at radius 2 is 0.784 bits per heavy atom. The molecule has 15 rings (SSSR count). The minimum Gasteiger partial charge on any atom is -0.316 e. The normalized spacial score (nSPS) is 11.8. The van der Waals surface area contributed by atoms with Gasteiger partial charge in [-0.2, -0.15) is 5.26 Å². The maximum atomic E-state index is 12.1. The molecule has 0 aliphatic carbocycles. The molecule has 0 N–H and O–H groups in total. The number of hydrogen-bond donors (Lipinski definition) is 0. The zero-order valence-electron chi connectivity index (χ0n) is 39.5. The summed E-state index contributed by atoms with van der Waals surface area (Å²) < 4.78 is 9.48. The van der Waals surface area contributed by atoms with Crippen LogP contribution in [0.2, 0.25) is 0 Å². The molecule has 11 aromatic carbocycles. The van der Waals surface area contributed by atoms with E-state index in [9.17, 15) is 11.8 Å². The molecule has 0 spiro atoms. The summed E-state index contributed by atoms with van der Waals surface area (Å²) >= 11 is 3.60. The monoisotopic (exact) mass is 974 g/mol. The molecule has 4 nitrogen and oxygen atoms in total. The van der Waals surface area contributed by atoms with Crippen molar-refractivity contribution < 1.29 is 0 Å². The second-order valence-corrected chi connectivity index (χ2v) is 21.0. The number of nitrogens with zero attached hydrogens (tertiary/aromatic N) is 4. The molecule has 0 bridgehead atoms. The standard InChI is InChI=1S/C68H38N4S2/c1-70-62-60(43-22-10-4-11-23-43)55(40-69)63(71-56-36-30-45(41-18-6-2-7-19-41)38-53(56)54-39-46(31-37-57(54)71)42-20-8-3-9-21-42)61(44-24-12-5-13-25-44)66(62)72-64-49(32-34-51-47-26-14-16-28-58(47)73-67(51)64)50-33-35-52-48-27-15-17-29-59(48)74-68(52)65(50)72/h2-39H. The molecule has 0 amide bonds. The van der Waals surface area contributed by atoms with E-state index in [0.29, 0.717) is 16.8 Å². The highest BCUT2D eigenvalue weighted by atomic mass is 32.1. The minimum atomic E-state index is 0.420. The van der Waals surface area contributed by atoms with Crippen LogP contribution in [-0.2, 0) is 0 Å². The molecule has 4 heterocycles. The Morgan fingerprint density at radius 1 is 0.365 bits per heavy atom. The number of fused-ring (bicyclic) bond motifs is 14. The van der Waals surface area contributed by atoms with Crippen LogP contribution in [0.5, 0.6) is 0 Å². The molecule has 15 aromatic rings. The smallest absolute Gasteiger partial charge is 0.220 e. The lowest BCUT2D eigenvalue weighted by Crippen LogP contribution is -2.09. The summed E-state index contributed by atoms with van der Waals surface area (Å²) in [5.74, 6) is 0. The van der Waals surface area contributed by atoms with Crippen molar-refractivity contribution in [3.63, 3.8) is 0 Å². The molecule has 0 saturated heterocycles. The first-order chi connectivity index (χ1) is 36.7. The van der Waals surface area contributed by atoms with E-state index < -0.39 is 0 Å². The van der Waals surface area contributed by atoms with E-state index in [1.807, 2.05) is 36.4 Å². The quantitative estimate of drug-likeness (QED) is 0.153. The van der Waals surface area contributed by atoms with Gasteiger partial charge in [-0.25, -0.2) is 4.85 Å². The van der Waals surface area contributed by atoms with Crippen LogP contribution >= 0.6 is 22.7 Å². The maximum Gasteiger partial charge on any atom is 0.220 e. The zero-order valence-corrected chi connectivity index (χ0v) is 41.2. The van der Waals surface area contributed by atoms with Crippen molar-refractivity contribution in [2.45, 2.75) is 0 Å². The van der Waals surface area contributed by atoms with Gasteiger partial charge in [-0.3, -0.25) is 0 Å². The first-order valence-corrected chi connectivity index (χ1v) is 26.3. The lowest BCUT2D eigenvalue weighted by atomic mass is 9.88. The Labute approximate surface area is 433 Å². The Kier molecular flexibility index (Phi) is 9.40. The van der Waals surface area contributed by atoms with E-state index >= 15 is 0 Å². The largest absolute Gasteiger partial charge is 0.316 e. The Morgan fingerprint density at radius 3 is 1.24 bits per heavy atom. The molecule has 0 unspecified atom stereocenters. The molecule has 342 valence electrons. The molecule has 6 heteroatoms. The third-order valence-corrected chi connectivity index (χ3v) is 17.4. The molecular weight excluding hydrogens is 937 g/mol. The summed E-state index contributed by atoms with van der Waals surface area (Å²) in [6, 6.07) is 84.4. The highest BCUT2D eigenvalue weighted by molar-refractivity contribution is 7.27. The predicted molar refractivity (Wildman–Crippen MR) is 314 cm³/mol. The average Bonchev–Trinajstić information content (AvgIpc) is 4.23. The van der Waals surface area contributed by atoms with Crippen LogP contribution in [0.25, 0.3) is 145 Å². The van der Waals surface area contributed by atoms with Gasteiger partial charge in [0.15, 0.2) is 0 Å². The van der Waals surface area contributed by atoms with Crippen LogP contribution in [0.4, 0.5) is 5.69 Å². The topological polar surface area (TPSA) is 38.0 Å². The predicted octanol–water partition coefficient (Wildman–Crippen LogP) is 19.7. The van der Waals surface area contributed by atoms with Gasteiger partial charge in [0.1, 0.15) is 6.07 Å². The van der Waals surface area contributed by atoms with Crippen LogP contribution < -0.4 is 0 Å². The third kappa shape index (κ3) is 6.11. The van der Waals surface area contributed by atoms with Gasteiger partial charge >= 0.3 is 0 Å². The Bertz CT molecular complexity index is 4670. The molecule has 0 radical (unpaired) electrons. The highest BCUT2D eigenvalue weighted by Gasteiger charge is 2.33. The average molecular weight is 975 g/mol. The zero-order chi connectivity index (χ0) is 49.0. The van der Waals surface area contributed by atoms with E-state index in [2.05, 4.69) is 214 Å². The molecule has 0 aliphatic heterocycles. The lowest BCUT2D eigenvalue weighted by molar-refractivity contribution is 1.14. The van der Waals surface area contributed by atoms with Crippen molar-refractivity contribution in [3.05, 3.63) is 248 Å². The number of hydrogen-bond acceptors (Lipinski definition) is 3. The fourth-order valence-electron chi connectivity index (χ4n) is 11.8. The van der Waals surface area contributed by atoms with Crippen molar-refractivity contribution in [2.24, 2.45) is 0 Å². The van der Waals surface area contributed by atoms with E-state index in [0.717, 1.165) is 103 Å². The molecule has 0 aliphatic rings. The summed E-state index contributed by atoms with van der Waals surface area (Å²) in [5, 5.41) is 21.2. The molecule has 4 aromatic heterocycles. The highest BCUT2D eigenvalue weighted by Crippen LogP contribution is 2.55. The van der Waals surface area contributed by atoms with Gasteiger partial charge in [0.2, 0.25) is 5.69 Å². The second-order valence-electron chi connectivity index (χ2n) is 18.9. The van der Waals surface area contributed by atoms with Crippen molar-refractivity contribution in [3.8, 4) is 62.0 Å². The van der Waals surface area contributed by atoms with E-state index in [4.69, 9.17) is 0 Å². The summed E-state index contributed by atoms with van der Waals surface area (Å²) in [6.45, 7) is 9.54. The number of rotatable bonds is 6. The number of benzene rings is 11. The minimum absolute atomic E-state index is 0.420. The molecule has 0 saturated carbocycles. The Hall–Kier alpha value is -9.56. The van der Waals surface area contributed by atoms with Crippen molar-refractivity contribution in [1.82, 2.24) is 9.13 Å². The van der Waals surface area contributed by atoms with Gasteiger partial charge in [-0.15, -0.1) is 22.7 Å². The van der Waals surface area contributed by atoms with Crippen LogP contribution in [0.15, 0.2) is 231 Å². The summed E-state index contributed by atoms with van der Waals surface area (Å²) in [5.41, 5.74) is 13.9. The first kappa shape index (κ1) is 42.2. The van der Waals surface area contributed by atoms with Gasteiger partial charge in [-0.05, 0) is 69.8 Å². The van der Waals surface area contributed by atoms with Gasteiger partial charge in [0, 0.05) is 63.6 Å². The molecule has 74 heavy (non-hydrogen) atoms. The first-order valence-electron chi connectivity index (χ1n) is 24.7. The maximum absolute atomic E-state index is 12.1. The van der Waals surface area contributed by atoms with Gasteiger partial charge in [0.25, 0.3) is 0 Å². The van der Waals surface area contributed by atoms with Crippen molar-refractivity contribution >= 4 is 112 Å². The van der Waals surface area contributed by atoms with E-state index in [-0.39, 0.29) is 0 Å². The van der Waals surface area contributed by atoms with E-state index in [1.54, 1.807) is 22.7 Å². The van der Waals surface area contributed by atoms with Crippen molar-refractivity contribution in [1.29, 1.82) is 5.26 Å². The fraction of sp³-hybridized carbons (Fsp3) is 0. The van der Waals surface area contributed by atoms with Gasteiger partial charge in [0.05, 0.1) is 55.0 Å². The van der Waals surface area contributed by atoms with Crippen LogP contribution in [0, 0.1) is 17.9 Å². The fourth-order valence-corrected chi connectivity index (χ4v) is 14.3. The van der Waals surface area contributed by atoms with Crippen LogP contribution in [0.3, 0.4) is 0 Å². The molecule has 0 atom stereocenters. The third-order valence-electron chi connectivity index (χ3n) is 15.0. The second kappa shape index (κ2) is 16.5. The molecular formula is C68H38N4S2.